The molecule has 4 heteroatoms. The standard InChI is InChI=1S/CH5BO2.Ar/c1-2(3)4;/h3-4H,1H3;. The summed E-state index contributed by atoms with van der Waals surface area (Å²) in [6.07, 6.45) is 0. The van der Waals surface area contributed by atoms with Crippen LogP contribution < -0.4 is 0 Å². The molecule has 0 aromatic carbocycles. The summed E-state index contributed by atoms with van der Waals surface area (Å²) in [4.78, 5) is 0. The average molecular weight is 99.8 g/mol. The van der Waals surface area contributed by atoms with Gasteiger partial charge >= 0.3 is 7.12 Å². The number of hydrogen-bond donors (Lipinski definition) is 2. The first-order valence-electron chi connectivity index (χ1n) is 1.09. The Kier molecular flexibility index (Phi) is 10.0. The molecule has 0 spiro atoms. The Bertz CT molecular complexity index is 14.4. The SMILES string of the molecule is CB(O)O.[Ar]. The molecule has 0 aliphatic carbocycles. The van der Waals surface area contributed by atoms with Gasteiger partial charge in [0.05, 0.1) is 0 Å². The van der Waals surface area contributed by atoms with Crippen LogP contribution in [0.15, 0.2) is 0 Å². The van der Waals surface area contributed by atoms with E-state index in [-0.39, 0.29) is 37.7 Å². The van der Waals surface area contributed by atoms with E-state index in [0.717, 1.165) is 0 Å². The van der Waals surface area contributed by atoms with Gasteiger partial charge in [-0.25, -0.2) is 0 Å². The Morgan fingerprint density at radius 1 is 1.40 bits per heavy atom. The molecule has 2 nitrogen and oxygen atoms in total. The Hall–Kier alpha value is 1.24. The molecule has 0 aliphatic rings. The van der Waals surface area contributed by atoms with Crippen molar-refractivity contribution in [1.29, 1.82) is 0 Å². The van der Waals surface area contributed by atoms with Crippen LogP contribution in [-0.4, -0.2) is 17.2 Å². The summed E-state index contributed by atoms with van der Waals surface area (Å²) in [5, 5.41) is 15.2. The van der Waals surface area contributed by atoms with Crippen LogP contribution in [0, 0.1) is 37.7 Å². The van der Waals surface area contributed by atoms with Crippen molar-refractivity contribution < 1.29 is 47.8 Å². The minimum Gasteiger partial charge on any atom is -0.427 e. The fourth-order valence-electron chi connectivity index (χ4n) is 0. The van der Waals surface area contributed by atoms with Gasteiger partial charge in [-0.15, -0.1) is 0 Å². The van der Waals surface area contributed by atoms with E-state index in [1.165, 1.54) is 6.82 Å². The second-order valence-corrected chi connectivity index (χ2v) is 0.632. The summed E-state index contributed by atoms with van der Waals surface area (Å²) < 4.78 is 0. The van der Waals surface area contributed by atoms with Gasteiger partial charge < -0.3 is 10.0 Å². The molecule has 0 radical (unpaired) electrons. The van der Waals surface area contributed by atoms with Crippen molar-refractivity contribution in [2.45, 2.75) is 6.82 Å². The Morgan fingerprint density at radius 3 is 1.40 bits per heavy atom. The molecule has 0 aromatic rings. The van der Waals surface area contributed by atoms with Crippen molar-refractivity contribution in [3.63, 3.8) is 0 Å². The third-order valence-electron chi connectivity index (χ3n) is 0. The number of hydrogen-bond acceptors (Lipinski definition) is 2. The van der Waals surface area contributed by atoms with Gasteiger partial charge in [-0.3, -0.25) is 0 Å². The van der Waals surface area contributed by atoms with Crippen molar-refractivity contribution in [1.82, 2.24) is 0 Å². The maximum absolute atomic E-state index is 7.61. The van der Waals surface area contributed by atoms with E-state index in [1.54, 1.807) is 0 Å². The summed E-state index contributed by atoms with van der Waals surface area (Å²) in [5.41, 5.74) is 0. The third kappa shape index (κ3) is 35.6. The van der Waals surface area contributed by atoms with E-state index in [1.807, 2.05) is 0 Å². The number of rotatable bonds is 0. The van der Waals surface area contributed by atoms with E-state index in [9.17, 15) is 0 Å². The molecule has 0 aromatic heterocycles. The van der Waals surface area contributed by atoms with Gasteiger partial charge in [-0.05, 0) is 6.82 Å². The minimum absolute atomic E-state index is 0. The first-order chi connectivity index (χ1) is 1.73. The van der Waals surface area contributed by atoms with Crippen LogP contribution in [0.25, 0.3) is 0 Å². The van der Waals surface area contributed by atoms with Crippen molar-refractivity contribution in [3.05, 3.63) is 0 Å². The van der Waals surface area contributed by atoms with Gasteiger partial charge in [-0.2, -0.15) is 0 Å². The van der Waals surface area contributed by atoms with E-state index < -0.39 is 7.12 Å². The summed E-state index contributed by atoms with van der Waals surface area (Å²) in [6.45, 7) is 1.28. The van der Waals surface area contributed by atoms with E-state index in [4.69, 9.17) is 10.0 Å². The molecule has 0 aliphatic heterocycles. The molecule has 0 rings (SSSR count). The van der Waals surface area contributed by atoms with Gasteiger partial charge in [0.25, 0.3) is 0 Å². The predicted molar refractivity (Wildman–Crippen MR) is 16.1 cm³/mol. The minimum atomic E-state index is -1.17. The summed E-state index contributed by atoms with van der Waals surface area (Å²) in [6, 6.07) is 0. The summed E-state index contributed by atoms with van der Waals surface area (Å²) in [7, 11) is -1.17. The normalized spacial score (nSPS) is 5.40. The van der Waals surface area contributed by atoms with Crippen molar-refractivity contribution >= 4 is 7.12 Å². The zero-order valence-corrected chi connectivity index (χ0v) is 3.53. The fraction of sp³-hybridized carbons (Fsp3) is 1.00. The monoisotopic (exact) mass is 100 g/mol. The first-order valence-corrected chi connectivity index (χ1v) is 1.09. The molecule has 2 N–H and O–H groups in total. The van der Waals surface area contributed by atoms with Gasteiger partial charge in [0.15, 0.2) is 0 Å². The fourth-order valence-corrected chi connectivity index (χ4v) is 0. The second-order valence-electron chi connectivity index (χ2n) is 0.632. The zero-order chi connectivity index (χ0) is 3.58. The predicted octanol–water partition coefficient (Wildman–Crippen LogP) is -0.911. The van der Waals surface area contributed by atoms with Gasteiger partial charge in [0.1, 0.15) is 0 Å². The van der Waals surface area contributed by atoms with Crippen molar-refractivity contribution in [2.24, 2.45) is 0 Å². The molecule has 0 bridgehead atoms. The molecule has 0 atom stereocenters. The van der Waals surface area contributed by atoms with Gasteiger partial charge in [0, 0.05) is 37.7 Å². The second kappa shape index (κ2) is 5.24. The van der Waals surface area contributed by atoms with Crippen molar-refractivity contribution in [2.75, 3.05) is 0 Å². The molecule has 5 heavy (non-hydrogen) atoms. The van der Waals surface area contributed by atoms with Crippen LogP contribution in [0.5, 0.6) is 0 Å². The van der Waals surface area contributed by atoms with Crippen LogP contribution in [0.2, 0.25) is 6.82 Å². The average Bonchev–Trinajstić information content (AvgIpc) is 0.811. The van der Waals surface area contributed by atoms with E-state index in [2.05, 4.69) is 0 Å². The van der Waals surface area contributed by atoms with Gasteiger partial charge in [-0.1, -0.05) is 0 Å². The molecule has 0 amide bonds. The molecule has 0 unspecified atom stereocenters. The third-order valence-corrected chi connectivity index (χ3v) is 0. The molecule has 0 fully saturated rings. The summed E-state index contributed by atoms with van der Waals surface area (Å²) in [5.74, 6) is 0. The van der Waals surface area contributed by atoms with E-state index >= 15 is 0 Å². The van der Waals surface area contributed by atoms with Crippen LogP contribution in [0.4, 0.5) is 0 Å². The van der Waals surface area contributed by atoms with Crippen LogP contribution in [0.3, 0.4) is 0 Å². The van der Waals surface area contributed by atoms with Crippen LogP contribution in [-0.2, 0) is 0 Å². The quantitative estimate of drug-likeness (QED) is 0.386. The van der Waals surface area contributed by atoms with E-state index in [0.29, 0.717) is 0 Å². The van der Waals surface area contributed by atoms with Gasteiger partial charge in [0.2, 0.25) is 0 Å². The first kappa shape index (κ1) is 9.53. The Morgan fingerprint density at radius 2 is 1.40 bits per heavy atom. The Labute approximate surface area is 61.3 Å². The molecule has 0 heterocycles. The molecule has 0 saturated carbocycles. The maximum atomic E-state index is 7.61. The molecular weight excluding hydrogens is 94.8 g/mol. The Balaban J connectivity index is 0. The largest absolute Gasteiger partial charge is 0.448 e. The molecule has 0 saturated heterocycles. The van der Waals surface area contributed by atoms with Crippen molar-refractivity contribution in [3.8, 4) is 0 Å². The molecule has 32 valence electrons. The van der Waals surface area contributed by atoms with Crippen LogP contribution in [0.1, 0.15) is 0 Å². The topological polar surface area (TPSA) is 40.5 Å². The maximum Gasteiger partial charge on any atom is 0.448 e. The van der Waals surface area contributed by atoms with Crippen LogP contribution >= 0.6 is 0 Å². The smallest absolute Gasteiger partial charge is 0.427 e. The summed E-state index contributed by atoms with van der Waals surface area (Å²) >= 11 is 0. The molecular formula is CH5ArBO2. The zero-order valence-electron chi connectivity index (χ0n) is 2.83.